The van der Waals surface area contributed by atoms with Gasteiger partial charge in [0.2, 0.25) is 0 Å². The highest BCUT2D eigenvalue weighted by Crippen LogP contribution is 2.06. The molecule has 1 atom stereocenters. The summed E-state index contributed by atoms with van der Waals surface area (Å²) in [6.45, 7) is 5.00. The van der Waals surface area contributed by atoms with E-state index in [0.717, 1.165) is 18.5 Å². The first kappa shape index (κ1) is 11.8. The maximum atomic E-state index is 11.6. The Balaban J connectivity index is 2.74. The van der Waals surface area contributed by atoms with E-state index in [1.807, 2.05) is 0 Å². The van der Waals surface area contributed by atoms with Crippen LogP contribution in [0.3, 0.4) is 0 Å². The summed E-state index contributed by atoms with van der Waals surface area (Å²) in [7, 11) is 1.78. The minimum atomic E-state index is -0.0372. The van der Waals surface area contributed by atoms with E-state index in [1.54, 1.807) is 19.3 Å². The lowest BCUT2D eigenvalue weighted by molar-refractivity contribution is 0.408. The highest BCUT2D eigenvalue weighted by Gasteiger charge is 2.04. The van der Waals surface area contributed by atoms with Crippen LogP contribution in [-0.2, 0) is 6.54 Å². The van der Waals surface area contributed by atoms with E-state index in [9.17, 15) is 4.79 Å². The van der Waals surface area contributed by atoms with Crippen LogP contribution in [0.25, 0.3) is 0 Å². The average Bonchev–Trinajstić information content (AvgIpc) is 2.21. The highest BCUT2D eigenvalue weighted by atomic mass is 16.1. The number of hydrogen-bond acceptors (Lipinski definition) is 3. The summed E-state index contributed by atoms with van der Waals surface area (Å²) in [6, 6.07) is 1.58. The molecule has 0 aromatic carbocycles. The Morgan fingerprint density at radius 1 is 1.60 bits per heavy atom. The molecule has 84 valence electrons. The molecule has 0 radical (unpaired) electrons. The zero-order valence-corrected chi connectivity index (χ0v) is 9.66. The third-order valence-electron chi connectivity index (χ3n) is 2.42. The average molecular weight is 209 g/mol. The van der Waals surface area contributed by atoms with Gasteiger partial charge in [-0.15, -0.1) is 0 Å². The topological polar surface area (TPSA) is 46.9 Å². The molecule has 1 unspecified atom stereocenters. The zero-order valence-electron chi connectivity index (χ0n) is 9.66. The van der Waals surface area contributed by atoms with Gasteiger partial charge < -0.3 is 5.32 Å². The van der Waals surface area contributed by atoms with E-state index in [-0.39, 0.29) is 5.56 Å². The Kier molecular flexibility index (Phi) is 4.34. The standard InChI is InChI=1S/C11H19N3O/c1-4-5-9(2)8-14-11(15)6-10(12-3)7-13-14/h6-7,9,12H,4-5,8H2,1-3H3. The second kappa shape index (κ2) is 5.53. The van der Waals surface area contributed by atoms with Gasteiger partial charge in [0.1, 0.15) is 0 Å². The van der Waals surface area contributed by atoms with Crippen molar-refractivity contribution < 1.29 is 0 Å². The van der Waals surface area contributed by atoms with Crippen molar-refractivity contribution >= 4 is 5.69 Å². The fourth-order valence-electron chi connectivity index (χ4n) is 1.59. The van der Waals surface area contributed by atoms with Crippen LogP contribution >= 0.6 is 0 Å². The first-order valence-electron chi connectivity index (χ1n) is 5.42. The molecule has 0 bridgehead atoms. The first-order valence-corrected chi connectivity index (χ1v) is 5.42. The molecule has 1 aromatic heterocycles. The maximum Gasteiger partial charge on any atom is 0.268 e. The van der Waals surface area contributed by atoms with E-state index in [1.165, 1.54) is 4.68 Å². The molecule has 0 spiro atoms. The van der Waals surface area contributed by atoms with Gasteiger partial charge in [-0.3, -0.25) is 4.79 Å². The van der Waals surface area contributed by atoms with E-state index in [2.05, 4.69) is 24.3 Å². The Bertz CT molecular complexity index is 359. The van der Waals surface area contributed by atoms with E-state index in [4.69, 9.17) is 0 Å². The van der Waals surface area contributed by atoms with E-state index >= 15 is 0 Å². The van der Waals surface area contributed by atoms with Gasteiger partial charge in [0.05, 0.1) is 11.9 Å². The summed E-state index contributed by atoms with van der Waals surface area (Å²) in [5, 5.41) is 7.01. The first-order chi connectivity index (χ1) is 7.17. The molecule has 1 aromatic rings. The summed E-state index contributed by atoms with van der Waals surface area (Å²) < 4.78 is 1.53. The van der Waals surface area contributed by atoms with E-state index in [0.29, 0.717) is 12.5 Å². The van der Waals surface area contributed by atoms with Crippen molar-refractivity contribution in [2.45, 2.75) is 33.2 Å². The van der Waals surface area contributed by atoms with Gasteiger partial charge in [0.25, 0.3) is 5.56 Å². The van der Waals surface area contributed by atoms with Crippen LogP contribution in [0, 0.1) is 5.92 Å². The van der Waals surface area contributed by atoms with Gasteiger partial charge in [0, 0.05) is 19.7 Å². The normalized spacial score (nSPS) is 12.5. The molecule has 0 saturated carbocycles. The molecule has 0 saturated heterocycles. The summed E-state index contributed by atoms with van der Waals surface area (Å²) >= 11 is 0. The van der Waals surface area contributed by atoms with Gasteiger partial charge in [-0.1, -0.05) is 20.3 Å². The number of anilines is 1. The minimum absolute atomic E-state index is 0.0372. The van der Waals surface area contributed by atoms with E-state index < -0.39 is 0 Å². The molecule has 1 N–H and O–H groups in total. The number of nitrogens with zero attached hydrogens (tertiary/aromatic N) is 2. The van der Waals surface area contributed by atoms with Crippen LogP contribution in [0.4, 0.5) is 5.69 Å². The van der Waals surface area contributed by atoms with Crippen molar-refractivity contribution in [3.8, 4) is 0 Å². The van der Waals surface area contributed by atoms with Crippen molar-refractivity contribution in [1.29, 1.82) is 0 Å². The van der Waals surface area contributed by atoms with Crippen LogP contribution in [0.15, 0.2) is 17.1 Å². The van der Waals surface area contributed by atoms with Crippen molar-refractivity contribution in [1.82, 2.24) is 9.78 Å². The molecule has 1 rings (SSSR count). The largest absolute Gasteiger partial charge is 0.387 e. The molecule has 0 fully saturated rings. The SMILES string of the molecule is CCCC(C)Cn1ncc(NC)cc1=O. The fourth-order valence-corrected chi connectivity index (χ4v) is 1.59. The Morgan fingerprint density at radius 2 is 2.33 bits per heavy atom. The molecular formula is C11H19N3O. The predicted octanol–water partition coefficient (Wildman–Crippen LogP) is 1.72. The number of nitrogens with one attached hydrogen (secondary N) is 1. The van der Waals surface area contributed by atoms with Crippen LogP contribution in [0.5, 0.6) is 0 Å². The molecule has 15 heavy (non-hydrogen) atoms. The number of aromatic nitrogens is 2. The summed E-state index contributed by atoms with van der Waals surface area (Å²) in [5.74, 6) is 0.501. The van der Waals surface area contributed by atoms with Gasteiger partial charge in [-0.05, 0) is 12.3 Å². The Labute approximate surface area is 90.3 Å². The zero-order chi connectivity index (χ0) is 11.3. The minimum Gasteiger partial charge on any atom is -0.387 e. The lowest BCUT2D eigenvalue weighted by Gasteiger charge is -2.11. The second-order valence-corrected chi connectivity index (χ2v) is 3.91. The Hall–Kier alpha value is -1.32. The Morgan fingerprint density at radius 3 is 2.87 bits per heavy atom. The van der Waals surface area contributed by atoms with Crippen LogP contribution in [-0.4, -0.2) is 16.8 Å². The number of hydrogen-bond donors (Lipinski definition) is 1. The maximum absolute atomic E-state index is 11.6. The van der Waals surface area contributed by atoms with Crippen LogP contribution < -0.4 is 10.9 Å². The van der Waals surface area contributed by atoms with Gasteiger partial charge in [0.15, 0.2) is 0 Å². The molecule has 0 aliphatic rings. The number of rotatable bonds is 5. The summed E-state index contributed by atoms with van der Waals surface area (Å²) in [6.07, 6.45) is 3.95. The van der Waals surface area contributed by atoms with Crippen LogP contribution in [0.1, 0.15) is 26.7 Å². The quantitative estimate of drug-likeness (QED) is 0.803. The molecular weight excluding hydrogens is 190 g/mol. The van der Waals surface area contributed by atoms with Gasteiger partial charge >= 0.3 is 0 Å². The van der Waals surface area contributed by atoms with Crippen molar-refractivity contribution in [2.24, 2.45) is 5.92 Å². The monoisotopic (exact) mass is 209 g/mol. The molecule has 1 heterocycles. The molecule has 0 amide bonds. The van der Waals surface area contributed by atoms with Crippen molar-refractivity contribution in [2.75, 3.05) is 12.4 Å². The molecule has 4 nitrogen and oxygen atoms in total. The second-order valence-electron chi connectivity index (χ2n) is 3.91. The van der Waals surface area contributed by atoms with Crippen molar-refractivity contribution in [3.05, 3.63) is 22.6 Å². The molecule has 4 heteroatoms. The van der Waals surface area contributed by atoms with Crippen LogP contribution in [0.2, 0.25) is 0 Å². The highest BCUT2D eigenvalue weighted by molar-refractivity contribution is 5.37. The fraction of sp³-hybridized carbons (Fsp3) is 0.636. The van der Waals surface area contributed by atoms with Crippen molar-refractivity contribution in [3.63, 3.8) is 0 Å². The lowest BCUT2D eigenvalue weighted by atomic mass is 10.1. The summed E-state index contributed by atoms with van der Waals surface area (Å²) in [4.78, 5) is 11.6. The van der Waals surface area contributed by atoms with Gasteiger partial charge in [-0.2, -0.15) is 5.10 Å². The van der Waals surface area contributed by atoms with Gasteiger partial charge in [-0.25, -0.2) is 4.68 Å². The molecule has 0 aliphatic heterocycles. The third kappa shape index (κ3) is 3.38. The predicted molar refractivity (Wildman–Crippen MR) is 62.1 cm³/mol. The smallest absolute Gasteiger partial charge is 0.268 e. The lowest BCUT2D eigenvalue weighted by Crippen LogP contribution is -2.25. The summed E-state index contributed by atoms with van der Waals surface area (Å²) in [5.41, 5.74) is 0.726. The molecule has 0 aliphatic carbocycles. The third-order valence-corrected chi connectivity index (χ3v) is 2.42.